The maximum absolute atomic E-state index is 12.9. The number of hydrogen-bond acceptors (Lipinski definition) is 8. The Balaban J connectivity index is 2.12. The number of nitrogens with two attached hydrogens (primary N) is 2. The smallest absolute Gasteiger partial charge is 0.423 e. The molecule has 10 nitrogen and oxygen atoms in total. The molecule has 1 aromatic heterocycles. The summed E-state index contributed by atoms with van der Waals surface area (Å²) in [6, 6.07) is 10.6. The van der Waals surface area contributed by atoms with E-state index in [0.29, 0.717) is 11.3 Å². The van der Waals surface area contributed by atoms with Gasteiger partial charge in [-0.3, -0.25) is 4.98 Å². The molecule has 0 spiro atoms. The van der Waals surface area contributed by atoms with Crippen LogP contribution in [0.25, 0.3) is 0 Å². The Morgan fingerprint density at radius 1 is 1.28 bits per heavy atom. The summed E-state index contributed by atoms with van der Waals surface area (Å²) in [6.45, 7) is 4.70. The fourth-order valence-electron chi connectivity index (χ4n) is 2.33. The van der Waals surface area contributed by atoms with Crippen LogP contribution in [0.15, 0.2) is 52.6 Å². The van der Waals surface area contributed by atoms with E-state index in [-0.39, 0.29) is 17.3 Å². The number of pyridine rings is 1. The minimum absolute atomic E-state index is 0.0768. The zero-order chi connectivity index (χ0) is 23.9. The number of amidine groups is 1. The van der Waals surface area contributed by atoms with Crippen molar-refractivity contribution in [3.8, 4) is 6.07 Å². The number of carbonyl (C=O) groups is 1. The number of ether oxygens (including phenoxy) is 1. The summed E-state index contributed by atoms with van der Waals surface area (Å²) in [5.41, 5.74) is 6.15. The summed E-state index contributed by atoms with van der Waals surface area (Å²) in [4.78, 5) is 16.5. The highest BCUT2D eigenvalue weighted by molar-refractivity contribution is 7.83. The van der Waals surface area contributed by atoms with Crippen LogP contribution in [0.2, 0.25) is 0 Å². The maximum Gasteiger partial charge on any atom is 0.423 e. The van der Waals surface area contributed by atoms with E-state index >= 15 is 0 Å². The van der Waals surface area contributed by atoms with Gasteiger partial charge in [-0.15, -0.1) is 5.10 Å². The molecule has 32 heavy (non-hydrogen) atoms. The van der Waals surface area contributed by atoms with E-state index < -0.39 is 35.0 Å². The minimum Gasteiger partial charge on any atom is -0.443 e. The van der Waals surface area contributed by atoms with Crippen LogP contribution in [0.1, 0.15) is 32.0 Å². The molecule has 0 saturated carbocycles. The molecule has 170 valence electrons. The number of nitriles is 1. The monoisotopic (exact) mass is 461 g/mol. The fraction of sp³-hybridized carbons (Fsp3) is 0.300. The summed E-state index contributed by atoms with van der Waals surface area (Å²) in [5.74, 6) is 5.43. The first-order chi connectivity index (χ1) is 15.0. The number of nitrogens with zero attached hydrogens (tertiary/aromatic N) is 5. The first kappa shape index (κ1) is 24.7. The third-order valence-electron chi connectivity index (χ3n) is 3.71. The predicted molar refractivity (Wildman–Crippen MR) is 116 cm³/mol. The second-order valence-corrected chi connectivity index (χ2v) is 8.91. The van der Waals surface area contributed by atoms with Gasteiger partial charge in [0, 0.05) is 5.56 Å². The normalized spacial score (nSPS) is 12.6. The van der Waals surface area contributed by atoms with Crippen molar-refractivity contribution in [2.24, 2.45) is 16.7 Å². The van der Waals surface area contributed by atoms with E-state index in [4.69, 9.17) is 21.6 Å². The average molecular weight is 462 g/mol. The van der Waals surface area contributed by atoms with Gasteiger partial charge in [0.15, 0.2) is 16.8 Å². The molecule has 0 aliphatic rings. The molecule has 4 N–H and O–H groups in total. The van der Waals surface area contributed by atoms with Crippen molar-refractivity contribution in [2.45, 2.75) is 37.8 Å². The fourth-order valence-corrected chi connectivity index (χ4v) is 3.31. The van der Waals surface area contributed by atoms with Crippen molar-refractivity contribution in [3.05, 3.63) is 59.7 Å². The quantitative estimate of drug-likeness (QED) is 0.209. The summed E-state index contributed by atoms with van der Waals surface area (Å²) >= 11 is 0. The summed E-state index contributed by atoms with van der Waals surface area (Å²) < 4.78 is 31.8. The van der Waals surface area contributed by atoms with Crippen LogP contribution in [-0.4, -0.2) is 42.7 Å². The molecule has 1 heterocycles. The van der Waals surface area contributed by atoms with Gasteiger partial charge in [-0.1, -0.05) is 0 Å². The van der Waals surface area contributed by atoms with Crippen molar-refractivity contribution >= 4 is 22.9 Å². The number of benzene rings is 1. The van der Waals surface area contributed by atoms with Crippen LogP contribution in [-0.2, 0) is 22.3 Å². The molecule has 2 rings (SSSR count). The number of halogens is 1. The van der Waals surface area contributed by atoms with E-state index in [0.717, 1.165) is 15.6 Å². The first-order valence-electron chi connectivity index (χ1n) is 9.36. The molecule has 0 radical (unpaired) electrons. The molecular weight excluding hydrogens is 437 g/mol. The molecule has 0 saturated heterocycles. The molecule has 0 bridgehead atoms. The van der Waals surface area contributed by atoms with Gasteiger partial charge < -0.3 is 10.5 Å². The van der Waals surface area contributed by atoms with Crippen LogP contribution in [0.3, 0.4) is 0 Å². The first-order valence-corrected chi connectivity index (χ1v) is 10.5. The van der Waals surface area contributed by atoms with Gasteiger partial charge in [-0.25, -0.2) is 28.7 Å². The number of rotatable bonds is 7. The Morgan fingerprint density at radius 2 is 1.94 bits per heavy atom. The highest BCUT2D eigenvalue weighted by Gasteiger charge is 2.27. The lowest BCUT2D eigenvalue weighted by molar-refractivity contribution is 0.0412. The summed E-state index contributed by atoms with van der Waals surface area (Å²) in [5, 5.41) is 14.1. The predicted octanol–water partition coefficient (Wildman–Crippen LogP) is 2.00. The van der Waals surface area contributed by atoms with Crippen LogP contribution < -0.4 is 11.6 Å². The van der Waals surface area contributed by atoms with Crippen LogP contribution in [0, 0.1) is 17.1 Å². The lowest BCUT2D eigenvalue weighted by Gasteiger charge is -2.24. The van der Waals surface area contributed by atoms with Gasteiger partial charge in [0.2, 0.25) is 0 Å². The molecule has 0 aliphatic carbocycles. The zero-order valence-corrected chi connectivity index (χ0v) is 18.7. The average Bonchev–Trinajstić information content (AvgIpc) is 2.72. The van der Waals surface area contributed by atoms with E-state index in [1.165, 1.54) is 24.3 Å². The largest absolute Gasteiger partial charge is 0.443 e. The lowest BCUT2D eigenvalue weighted by Crippen LogP contribution is -2.38. The van der Waals surface area contributed by atoms with Gasteiger partial charge in [0.1, 0.15) is 18.0 Å². The van der Waals surface area contributed by atoms with Crippen LogP contribution in [0.5, 0.6) is 0 Å². The van der Waals surface area contributed by atoms with Gasteiger partial charge >= 0.3 is 6.09 Å². The number of amides is 1. The summed E-state index contributed by atoms with van der Waals surface area (Å²) in [7, 11) is -1.97. The number of hydrogen-bond donors (Lipinski definition) is 2. The molecular formula is C20H24FN7O3S. The van der Waals surface area contributed by atoms with Crippen LogP contribution >= 0.6 is 0 Å². The molecule has 1 aromatic carbocycles. The summed E-state index contributed by atoms with van der Waals surface area (Å²) in [6.07, 6.45) is 0.206. The second-order valence-electron chi connectivity index (χ2n) is 7.50. The van der Waals surface area contributed by atoms with Gasteiger partial charge in [-0.2, -0.15) is 5.26 Å². The van der Waals surface area contributed by atoms with E-state index in [9.17, 15) is 13.4 Å². The minimum atomic E-state index is -1.97. The molecule has 1 atom stereocenters. The zero-order valence-electron chi connectivity index (χ0n) is 17.9. The Kier molecular flexibility index (Phi) is 8.22. The van der Waals surface area contributed by atoms with Gasteiger partial charge in [0.05, 0.1) is 29.4 Å². The molecule has 2 aromatic rings. The Hall–Kier alpha value is -3.56. The van der Waals surface area contributed by atoms with Crippen molar-refractivity contribution in [1.29, 1.82) is 5.26 Å². The highest BCUT2D eigenvalue weighted by Crippen LogP contribution is 2.17. The number of aromatic nitrogens is 1. The standard InChI is InChI=1S/C20H24FN7O3S/c1-20(2,3)31-19(29)27(11-10-22)32(30)17-8-4-14(5-9-17)18(23)26-28(24)13-16-7-6-15(21)12-25-16/h4-9,12H,11,13,24H2,1-3H3,(H2,23,26). The third-order valence-corrected chi connectivity index (χ3v) is 5.07. The molecule has 1 unspecified atom stereocenters. The van der Waals surface area contributed by atoms with Gasteiger partial charge in [0.25, 0.3) is 0 Å². The Morgan fingerprint density at radius 3 is 2.47 bits per heavy atom. The van der Waals surface area contributed by atoms with Crippen molar-refractivity contribution < 1.29 is 18.1 Å². The van der Waals surface area contributed by atoms with E-state index in [1.807, 2.05) is 0 Å². The highest BCUT2D eigenvalue weighted by atomic mass is 32.2. The number of hydrazone groups is 1. The number of carbonyl (C=O) groups excluding carboxylic acids is 1. The molecule has 1 amide bonds. The molecule has 0 fully saturated rings. The third kappa shape index (κ3) is 7.29. The maximum atomic E-state index is 12.9. The van der Waals surface area contributed by atoms with Crippen LogP contribution in [0.4, 0.5) is 9.18 Å². The van der Waals surface area contributed by atoms with Crippen molar-refractivity contribution in [1.82, 2.24) is 14.4 Å². The second kappa shape index (κ2) is 10.7. The SMILES string of the molecule is CC(C)(C)OC(=O)N(CC#N)S(=O)c1ccc(/C(N)=N/N(N)Cc2ccc(F)cn2)cc1. The van der Waals surface area contributed by atoms with Crippen molar-refractivity contribution in [3.63, 3.8) is 0 Å². The van der Waals surface area contributed by atoms with Crippen molar-refractivity contribution in [2.75, 3.05) is 6.54 Å². The molecule has 12 heteroatoms. The lowest BCUT2D eigenvalue weighted by atomic mass is 10.2. The van der Waals surface area contributed by atoms with E-state index in [2.05, 4.69) is 10.1 Å². The molecule has 0 aliphatic heterocycles. The van der Waals surface area contributed by atoms with Gasteiger partial charge in [-0.05, 0) is 57.2 Å². The number of hydrazine groups is 1. The van der Waals surface area contributed by atoms with E-state index in [1.54, 1.807) is 39.0 Å². The Bertz CT molecular complexity index is 1030. The Labute approximate surface area is 187 Å². The topological polar surface area (TPSA) is 151 Å².